The third-order valence-corrected chi connectivity index (χ3v) is 4.22. The van der Waals surface area contributed by atoms with E-state index in [0.29, 0.717) is 11.1 Å². The van der Waals surface area contributed by atoms with Crippen LogP contribution in [0.15, 0.2) is 54.6 Å². The van der Waals surface area contributed by atoms with Gasteiger partial charge in [-0.05, 0) is 59.5 Å². The number of fused-ring (bicyclic) bond motifs is 1. The molecule has 0 bridgehead atoms. The smallest absolute Gasteiger partial charge is 0.338 e. The van der Waals surface area contributed by atoms with Crippen molar-refractivity contribution in [1.82, 2.24) is 0 Å². The van der Waals surface area contributed by atoms with Gasteiger partial charge in [-0.2, -0.15) is 0 Å². The maximum Gasteiger partial charge on any atom is 0.338 e. The molecular weight excluding hydrogens is 300 g/mol. The second-order valence-corrected chi connectivity index (χ2v) is 5.82. The highest BCUT2D eigenvalue weighted by atomic mass is 16.5. The standard InChI is InChI=1S/C21H18O3/c1-13-8-9-16(11-19(13)21(23)24-3)20-12-17(14(2)22)10-15-6-4-5-7-18(15)20/h4-12H,1-3H3. The van der Waals surface area contributed by atoms with E-state index in [2.05, 4.69) is 0 Å². The number of aryl methyl sites for hydroxylation is 1. The van der Waals surface area contributed by atoms with E-state index in [-0.39, 0.29) is 11.8 Å². The maximum atomic E-state index is 12.0. The minimum absolute atomic E-state index is 0.0160. The van der Waals surface area contributed by atoms with Gasteiger partial charge in [0.15, 0.2) is 5.78 Å². The molecule has 3 aromatic carbocycles. The van der Waals surface area contributed by atoms with Gasteiger partial charge in [-0.3, -0.25) is 4.79 Å². The molecular formula is C21H18O3. The first-order valence-corrected chi connectivity index (χ1v) is 7.74. The van der Waals surface area contributed by atoms with Gasteiger partial charge in [-0.25, -0.2) is 4.79 Å². The number of methoxy groups -OCH3 is 1. The summed E-state index contributed by atoms with van der Waals surface area (Å²) in [6.45, 7) is 3.43. The molecule has 0 aliphatic rings. The van der Waals surface area contributed by atoms with Crippen LogP contribution < -0.4 is 0 Å². The lowest BCUT2D eigenvalue weighted by atomic mass is 9.92. The Morgan fingerprint density at radius 1 is 0.958 bits per heavy atom. The van der Waals surface area contributed by atoms with Crippen LogP contribution in [0, 0.1) is 6.92 Å². The molecule has 3 nitrogen and oxygen atoms in total. The molecule has 0 saturated heterocycles. The van der Waals surface area contributed by atoms with Crippen molar-refractivity contribution in [3.8, 4) is 11.1 Å². The number of carbonyl (C=O) groups is 2. The zero-order valence-corrected chi connectivity index (χ0v) is 13.9. The number of ether oxygens (including phenoxy) is 1. The zero-order valence-electron chi connectivity index (χ0n) is 13.9. The minimum atomic E-state index is -0.360. The van der Waals surface area contributed by atoms with Crippen LogP contribution in [-0.2, 0) is 4.74 Å². The third-order valence-electron chi connectivity index (χ3n) is 4.22. The van der Waals surface area contributed by atoms with Crippen molar-refractivity contribution in [2.45, 2.75) is 13.8 Å². The molecule has 24 heavy (non-hydrogen) atoms. The summed E-state index contributed by atoms with van der Waals surface area (Å²) < 4.78 is 4.86. The fourth-order valence-electron chi connectivity index (χ4n) is 2.87. The zero-order chi connectivity index (χ0) is 17.3. The van der Waals surface area contributed by atoms with Gasteiger partial charge in [-0.1, -0.05) is 36.4 Å². The van der Waals surface area contributed by atoms with E-state index >= 15 is 0 Å². The van der Waals surface area contributed by atoms with E-state index in [1.807, 2.05) is 61.5 Å². The highest BCUT2D eigenvalue weighted by molar-refractivity contribution is 6.05. The van der Waals surface area contributed by atoms with Crippen LogP contribution >= 0.6 is 0 Å². The average molecular weight is 318 g/mol. The number of benzene rings is 3. The van der Waals surface area contributed by atoms with Crippen LogP contribution in [0.4, 0.5) is 0 Å². The Bertz CT molecular complexity index is 954. The van der Waals surface area contributed by atoms with Crippen molar-refractivity contribution >= 4 is 22.5 Å². The van der Waals surface area contributed by atoms with Crippen molar-refractivity contribution in [2.75, 3.05) is 7.11 Å². The Hall–Kier alpha value is -2.94. The lowest BCUT2D eigenvalue weighted by molar-refractivity contribution is 0.0600. The van der Waals surface area contributed by atoms with Crippen molar-refractivity contribution in [3.05, 3.63) is 71.3 Å². The van der Waals surface area contributed by atoms with E-state index in [1.165, 1.54) is 7.11 Å². The van der Waals surface area contributed by atoms with Crippen LogP contribution in [0.25, 0.3) is 21.9 Å². The fraction of sp³-hybridized carbons (Fsp3) is 0.143. The van der Waals surface area contributed by atoms with Crippen molar-refractivity contribution in [2.24, 2.45) is 0 Å². The van der Waals surface area contributed by atoms with Crippen LogP contribution in [0.1, 0.15) is 33.2 Å². The molecule has 0 saturated carbocycles. The van der Waals surface area contributed by atoms with E-state index in [1.54, 1.807) is 6.92 Å². The molecule has 3 aromatic rings. The molecule has 0 aromatic heterocycles. The lowest BCUT2D eigenvalue weighted by Crippen LogP contribution is -2.04. The Morgan fingerprint density at radius 3 is 2.42 bits per heavy atom. The number of hydrogen-bond acceptors (Lipinski definition) is 3. The summed E-state index contributed by atoms with van der Waals surface area (Å²) in [7, 11) is 1.38. The normalized spacial score (nSPS) is 10.6. The molecule has 0 fully saturated rings. The van der Waals surface area contributed by atoms with Gasteiger partial charge < -0.3 is 4.74 Å². The average Bonchev–Trinajstić information content (AvgIpc) is 2.60. The first kappa shape index (κ1) is 15.9. The highest BCUT2D eigenvalue weighted by Gasteiger charge is 2.13. The molecule has 3 heteroatoms. The number of hydrogen-bond donors (Lipinski definition) is 0. The Labute approximate surface area is 140 Å². The van der Waals surface area contributed by atoms with E-state index < -0.39 is 0 Å². The minimum Gasteiger partial charge on any atom is -0.465 e. The number of carbonyl (C=O) groups excluding carboxylic acids is 2. The Morgan fingerprint density at radius 2 is 1.71 bits per heavy atom. The number of rotatable bonds is 3. The van der Waals surface area contributed by atoms with Crippen molar-refractivity contribution in [3.63, 3.8) is 0 Å². The summed E-state index contributed by atoms with van der Waals surface area (Å²) in [5.74, 6) is -0.344. The van der Waals surface area contributed by atoms with Crippen LogP contribution in [0.2, 0.25) is 0 Å². The van der Waals surface area contributed by atoms with Gasteiger partial charge in [0, 0.05) is 5.56 Å². The predicted molar refractivity (Wildman–Crippen MR) is 95.5 cm³/mol. The van der Waals surface area contributed by atoms with E-state index in [9.17, 15) is 9.59 Å². The second kappa shape index (κ2) is 6.28. The molecule has 0 atom stereocenters. The molecule has 0 heterocycles. The molecule has 120 valence electrons. The summed E-state index contributed by atoms with van der Waals surface area (Å²) in [4.78, 5) is 23.9. The van der Waals surface area contributed by atoms with Crippen molar-refractivity contribution < 1.29 is 14.3 Å². The maximum absolute atomic E-state index is 12.0. The highest BCUT2D eigenvalue weighted by Crippen LogP contribution is 2.31. The van der Waals surface area contributed by atoms with E-state index in [0.717, 1.165) is 27.5 Å². The number of Topliss-reactive ketones (excluding diaryl/α,β-unsaturated/α-hetero) is 1. The molecule has 0 amide bonds. The van der Waals surface area contributed by atoms with Crippen LogP contribution in [0.5, 0.6) is 0 Å². The van der Waals surface area contributed by atoms with Gasteiger partial charge in [0.2, 0.25) is 0 Å². The molecule has 0 N–H and O–H groups in total. The largest absolute Gasteiger partial charge is 0.465 e. The van der Waals surface area contributed by atoms with Crippen LogP contribution in [-0.4, -0.2) is 18.9 Å². The van der Waals surface area contributed by atoms with Crippen molar-refractivity contribution in [1.29, 1.82) is 0 Å². The summed E-state index contributed by atoms with van der Waals surface area (Å²) in [5, 5.41) is 2.04. The molecule has 3 rings (SSSR count). The number of ketones is 1. The topological polar surface area (TPSA) is 43.4 Å². The predicted octanol–water partition coefficient (Wildman–Crippen LogP) is 4.80. The van der Waals surface area contributed by atoms with Gasteiger partial charge in [0.1, 0.15) is 0 Å². The first-order chi connectivity index (χ1) is 11.5. The van der Waals surface area contributed by atoms with Crippen LogP contribution in [0.3, 0.4) is 0 Å². The molecule has 0 aliphatic heterocycles. The fourth-order valence-corrected chi connectivity index (χ4v) is 2.87. The Kier molecular flexibility index (Phi) is 4.17. The summed E-state index contributed by atoms with van der Waals surface area (Å²) in [6, 6.07) is 17.4. The monoisotopic (exact) mass is 318 g/mol. The van der Waals surface area contributed by atoms with Gasteiger partial charge >= 0.3 is 5.97 Å². The quantitative estimate of drug-likeness (QED) is 0.514. The lowest BCUT2D eigenvalue weighted by Gasteiger charge is -2.12. The van der Waals surface area contributed by atoms with Gasteiger partial charge in [0.25, 0.3) is 0 Å². The summed E-state index contributed by atoms with van der Waals surface area (Å²) in [5.41, 5.74) is 3.87. The van der Waals surface area contributed by atoms with E-state index in [4.69, 9.17) is 4.74 Å². The number of esters is 1. The van der Waals surface area contributed by atoms with Gasteiger partial charge in [-0.15, -0.1) is 0 Å². The SMILES string of the molecule is COC(=O)c1cc(-c2cc(C(C)=O)cc3ccccc23)ccc1C. The second-order valence-electron chi connectivity index (χ2n) is 5.82. The summed E-state index contributed by atoms with van der Waals surface area (Å²) in [6.07, 6.45) is 0. The van der Waals surface area contributed by atoms with Gasteiger partial charge in [0.05, 0.1) is 12.7 Å². The summed E-state index contributed by atoms with van der Waals surface area (Å²) >= 11 is 0. The molecule has 0 radical (unpaired) electrons. The molecule has 0 spiro atoms. The first-order valence-electron chi connectivity index (χ1n) is 7.74. The molecule has 0 aliphatic carbocycles. The molecule has 0 unspecified atom stereocenters. The Balaban J connectivity index is 2.29. The third kappa shape index (κ3) is 2.81.